The van der Waals surface area contributed by atoms with E-state index in [0.29, 0.717) is 24.3 Å². The second-order valence-corrected chi connectivity index (χ2v) is 8.14. The summed E-state index contributed by atoms with van der Waals surface area (Å²) in [6.07, 6.45) is 2.42. The van der Waals surface area contributed by atoms with Crippen molar-refractivity contribution in [3.8, 4) is 5.69 Å². The minimum atomic E-state index is -0.790. The first-order chi connectivity index (χ1) is 14.0. The van der Waals surface area contributed by atoms with Crippen LogP contribution in [0.4, 0.5) is 0 Å². The largest absolute Gasteiger partial charge is 0.481 e. The van der Waals surface area contributed by atoms with Gasteiger partial charge in [0, 0.05) is 18.5 Å². The highest BCUT2D eigenvalue weighted by atomic mass is 16.4. The molecule has 29 heavy (non-hydrogen) atoms. The highest BCUT2D eigenvalue weighted by Gasteiger charge is 2.55. The van der Waals surface area contributed by atoms with Crippen LogP contribution in [-0.4, -0.2) is 49.7 Å². The number of carbonyl (C=O) groups excluding carboxylic acids is 1. The van der Waals surface area contributed by atoms with Crippen LogP contribution in [0, 0.1) is 18.3 Å². The van der Waals surface area contributed by atoms with Crippen LogP contribution in [0.15, 0.2) is 42.5 Å². The van der Waals surface area contributed by atoms with Crippen LogP contribution in [0.1, 0.15) is 35.4 Å². The Bertz CT molecular complexity index is 1120. The number of aromatic nitrogens is 3. The van der Waals surface area contributed by atoms with E-state index in [-0.39, 0.29) is 18.4 Å². The number of aliphatic carboxylic acids is 1. The number of carboxylic acids is 1. The molecule has 1 aliphatic heterocycles. The third kappa shape index (κ3) is 2.64. The van der Waals surface area contributed by atoms with Crippen LogP contribution >= 0.6 is 0 Å². The molecule has 2 fully saturated rings. The lowest BCUT2D eigenvalue weighted by Crippen LogP contribution is -2.37. The number of amides is 1. The van der Waals surface area contributed by atoms with E-state index in [1.54, 1.807) is 15.6 Å². The van der Waals surface area contributed by atoms with Gasteiger partial charge in [0.1, 0.15) is 5.69 Å². The van der Waals surface area contributed by atoms with Crippen molar-refractivity contribution in [1.29, 1.82) is 0 Å². The van der Waals surface area contributed by atoms with Gasteiger partial charge >= 0.3 is 5.97 Å². The lowest BCUT2D eigenvalue weighted by atomic mass is 9.81. The minimum absolute atomic E-state index is 0.0322. The number of hydrogen-bond donors (Lipinski definition) is 1. The topological polar surface area (TPSA) is 88.3 Å². The van der Waals surface area contributed by atoms with Crippen molar-refractivity contribution in [2.24, 2.45) is 11.3 Å². The average molecular weight is 390 g/mol. The number of carboxylic acid groups (broad SMARTS) is 1. The van der Waals surface area contributed by atoms with E-state index in [1.165, 1.54) is 0 Å². The third-order valence-electron chi connectivity index (χ3n) is 6.52. The van der Waals surface area contributed by atoms with E-state index in [9.17, 15) is 14.7 Å². The van der Waals surface area contributed by atoms with Gasteiger partial charge in [0.25, 0.3) is 5.91 Å². The molecule has 5 rings (SSSR count). The maximum atomic E-state index is 13.2. The van der Waals surface area contributed by atoms with Crippen molar-refractivity contribution >= 4 is 22.9 Å². The molecular formula is C22H22N4O3. The second kappa shape index (κ2) is 6.40. The quantitative estimate of drug-likeness (QED) is 0.743. The van der Waals surface area contributed by atoms with E-state index < -0.39 is 11.4 Å². The summed E-state index contributed by atoms with van der Waals surface area (Å²) in [6, 6.07) is 13.3. The SMILES string of the molecule is Cc1nn(-c2ccccc2)c2nc(C(=O)N3C[C@@H]4CCC[C@@]4(C(=O)O)C3)ccc12. The molecule has 1 amide bonds. The zero-order valence-electron chi connectivity index (χ0n) is 16.2. The second-order valence-electron chi connectivity index (χ2n) is 8.14. The average Bonchev–Trinajstić information content (AvgIpc) is 3.39. The number of nitrogens with zero attached hydrogens (tertiary/aromatic N) is 4. The van der Waals surface area contributed by atoms with Crippen LogP contribution in [-0.2, 0) is 4.79 Å². The molecule has 148 valence electrons. The summed E-state index contributed by atoms with van der Waals surface area (Å²) in [4.78, 5) is 31.4. The predicted molar refractivity (Wildman–Crippen MR) is 107 cm³/mol. The standard InChI is InChI=1S/C22H22N4O3/c1-14-17-9-10-18(23-19(17)26(24-14)16-7-3-2-4-8-16)20(27)25-12-15-6-5-11-22(15,13-25)21(28)29/h2-4,7-10,15H,5-6,11-13H2,1H3,(H,28,29)/t15-,22+/m0/s1. The molecular weight excluding hydrogens is 368 g/mol. The summed E-state index contributed by atoms with van der Waals surface area (Å²) in [5.41, 5.74) is 1.89. The van der Waals surface area contributed by atoms with Crippen molar-refractivity contribution in [3.05, 3.63) is 53.9 Å². The summed E-state index contributed by atoms with van der Waals surface area (Å²) in [7, 11) is 0. The number of carbonyl (C=O) groups is 2. The fourth-order valence-electron chi connectivity index (χ4n) is 4.97. The molecule has 1 aliphatic carbocycles. The van der Waals surface area contributed by atoms with Crippen molar-refractivity contribution in [3.63, 3.8) is 0 Å². The fourth-order valence-corrected chi connectivity index (χ4v) is 4.97. The Morgan fingerprint density at radius 1 is 1.17 bits per heavy atom. The Morgan fingerprint density at radius 2 is 1.97 bits per heavy atom. The first-order valence-electron chi connectivity index (χ1n) is 9.94. The first kappa shape index (κ1) is 17.8. The van der Waals surface area contributed by atoms with E-state index in [2.05, 4.69) is 10.1 Å². The van der Waals surface area contributed by atoms with Gasteiger partial charge < -0.3 is 10.0 Å². The molecule has 2 atom stereocenters. The molecule has 1 N–H and O–H groups in total. The Morgan fingerprint density at radius 3 is 2.69 bits per heavy atom. The van der Waals surface area contributed by atoms with Crippen LogP contribution in [0.3, 0.4) is 0 Å². The number of aryl methyl sites for hydroxylation is 1. The fraction of sp³-hybridized carbons (Fsp3) is 0.364. The van der Waals surface area contributed by atoms with Gasteiger partial charge in [-0.3, -0.25) is 9.59 Å². The van der Waals surface area contributed by atoms with Crippen LogP contribution in [0.25, 0.3) is 16.7 Å². The lowest BCUT2D eigenvalue weighted by molar-refractivity contribution is -0.149. The summed E-state index contributed by atoms with van der Waals surface area (Å²) < 4.78 is 1.75. The number of benzene rings is 1. The van der Waals surface area contributed by atoms with E-state index >= 15 is 0 Å². The molecule has 0 spiro atoms. The molecule has 0 unspecified atom stereocenters. The highest BCUT2D eigenvalue weighted by Crippen LogP contribution is 2.49. The number of para-hydroxylation sites is 1. The summed E-state index contributed by atoms with van der Waals surface area (Å²) in [6.45, 7) is 2.67. The number of hydrogen-bond acceptors (Lipinski definition) is 4. The monoisotopic (exact) mass is 390 g/mol. The van der Waals surface area contributed by atoms with Crippen molar-refractivity contribution < 1.29 is 14.7 Å². The van der Waals surface area contributed by atoms with E-state index in [4.69, 9.17) is 0 Å². The van der Waals surface area contributed by atoms with Gasteiger partial charge in [0.15, 0.2) is 5.65 Å². The molecule has 0 bridgehead atoms. The Hall–Kier alpha value is -3.22. The zero-order valence-corrected chi connectivity index (χ0v) is 16.2. The number of fused-ring (bicyclic) bond motifs is 2. The Kier molecular flexibility index (Phi) is 3.94. The van der Waals surface area contributed by atoms with Crippen molar-refractivity contribution in [2.45, 2.75) is 26.2 Å². The Labute approximate surface area is 168 Å². The molecule has 0 radical (unpaired) electrons. The van der Waals surface area contributed by atoms with Gasteiger partial charge in [-0.05, 0) is 49.9 Å². The van der Waals surface area contributed by atoms with E-state index in [0.717, 1.165) is 29.6 Å². The molecule has 3 aromatic rings. The highest BCUT2D eigenvalue weighted by molar-refractivity contribution is 5.96. The molecule has 7 nitrogen and oxygen atoms in total. The van der Waals surface area contributed by atoms with Crippen molar-refractivity contribution in [2.75, 3.05) is 13.1 Å². The van der Waals surface area contributed by atoms with Gasteiger partial charge in [-0.15, -0.1) is 0 Å². The normalized spacial score (nSPS) is 23.5. The van der Waals surface area contributed by atoms with Crippen LogP contribution in [0.5, 0.6) is 0 Å². The molecule has 7 heteroatoms. The number of likely N-dealkylation sites (tertiary alicyclic amines) is 1. The van der Waals surface area contributed by atoms with Crippen molar-refractivity contribution in [1.82, 2.24) is 19.7 Å². The van der Waals surface area contributed by atoms with Gasteiger partial charge in [-0.25, -0.2) is 9.67 Å². The van der Waals surface area contributed by atoms with Crippen LogP contribution < -0.4 is 0 Å². The smallest absolute Gasteiger partial charge is 0.311 e. The van der Waals surface area contributed by atoms with Crippen LogP contribution in [0.2, 0.25) is 0 Å². The molecule has 2 aliphatic rings. The molecule has 2 aromatic heterocycles. The van der Waals surface area contributed by atoms with Gasteiger partial charge in [-0.1, -0.05) is 24.6 Å². The van der Waals surface area contributed by atoms with E-state index in [1.807, 2.05) is 43.3 Å². The molecule has 3 heterocycles. The molecule has 1 aromatic carbocycles. The lowest BCUT2D eigenvalue weighted by Gasteiger charge is -2.23. The predicted octanol–water partition coefficient (Wildman–Crippen LogP) is 3.06. The maximum absolute atomic E-state index is 13.2. The Balaban J connectivity index is 1.51. The van der Waals surface area contributed by atoms with Gasteiger partial charge in [0.2, 0.25) is 0 Å². The van der Waals surface area contributed by atoms with Gasteiger partial charge in [0.05, 0.1) is 16.8 Å². The number of rotatable bonds is 3. The zero-order chi connectivity index (χ0) is 20.2. The summed E-state index contributed by atoms with van der Waals surface area (Å²) in [5, 5.41) is 15.3. The maximum Gasteiger partial charge on any atom is 0.311 e. The summed E-state index contributed by atoms with van der Waals surface area (Å²) in [5.74, 6) is -0.957. The molecule has 1 saturated carbocycles. The third-order valence-corrected chi connectivity index (χ3v) is 6.52. The first-order valence-corrected chi connectivity index (χ1v) is 9.94. The summed E-state index contributed by atoms with van der Waals surface area (Å²) >= 11 is 0. The van der Waals surface area contributed by atoms with Gasteiger partial charge in [-0.2, -0.15) is 5.10 Å². The minimum Gasteiger partial charge on any atom is -0.481 e. The number of pyridine rings is 1. The molecule has 1 saturated heterocycles.